The summed E-state index contributed by atoms with van der Waals surface area (Å²) in [5.74, 6) is 0.0957. The van der Waals surface area contributed by atoms with Gasteiger partial charge in [-0.1, -0.05) is 17.7 Å². The highest BCUT2D eigenvalue weighted by Crippen LogP contribution is 2.33. The molecule has 0 atom stereocenters. The Balaban J connectivity index is 0.00000289. The molecule has 1 amide bonds. The third kappa shape index (κ3) is 4.16. The van der Waals surface area contributed by atoms with Gasteiger partial charge in [0.1, 0.15) is 23.4 Å². The predicted molar refractivity (Wildman–Crippen MR) is 124 cm³/mol. The van der Waals surface area contributed by atoms with Gasteiger partial charge in [-0.25, -0.2) is 14.4 Å². The van der Waals surface area contributed by atoms with E-state index in [1.165, 1.54) is 12.4 Å². The van der Waals surface area contributed by atoms with Crippen LogP contribution in [0.4, 0.5) is 15.9 Å². The molecule has 0 unspecified atom stereocenters. The molecule has 32 heavy (non-hydrogen) atoms. The lowest BCUT2D eigenvalue weighted by molar-refractivity contribution is -0.133. The van der Waals surface area contributed by atoms with Gasteiger partial charge in [-0.3, -0.25) is 9.69 Å². The number of rotatable bonds is 7. The van der Waals surface area contributed by atoms with E-state index in [0.717, 1.165) is 5.56 Å². The van der Waals surface area contributed by atoms with Gasteiger partial charge in [-0.05, 0) is 25.2 Å². The molecule has 0 radical (unpaired) electrons. The van der Waals surface area contributed by atoms with Gasteiger partial charge in [-0.15, -0.1) is 12.4 Å². The number of methoxy groups -OCH3 is 1. The number of benzene rings is 2. The molecule has 3 aromatic rings. The zero-order valence-electron chi connectivity index (χ0n) is 17.5. The van der Waals surface area contributed by atoms with Crippen LogP contribution in [0, 0.1) is 5.82 Å². The molecule has 4 rings (SSSR count). The fraction of sp³-hybridized carbons (Fsp3) is 0.286. The van der Waals surface area contributed by atoms with Crippen LogP contribution in [0.15, 0.2) is 36.7 Å². The molecule has 1 aliphatic rings. The largest absolute Gasteiger partial charge is 0.496 e. The SMILES string of the molecule is COc1cc2ncnc(Nc3cccc(Cl)c3F)c2cc1CN(C)C1(C(N)=O)CNC1.Cl. The Morgan fingerprint density at radius 1 is 1.38 bits per heavy atom. The number of likely N-dealkylation sites (N-methyl/N-ethyl adjacent to an activating group) is 1. The Bertz CT molecular complexity index is 1160. The second-order valence-electron chi connectivity index (χ2n) is 7.49. The fourth-order valence-electron chi connectivity index (χ4n) is 3.67. The van der Waals surface area contributed by atoms with E-state index in [1.807, 2.05) is 18.0 Å². The number of hydrogen-bond acceptors (Lipinski definition) is 7. The number of ether oxygens (including phenoxy) is 1. The van der Waals surface area contributed by atoms with Crippen LogP contribution in [0.5, 0.6) is 5.75 Å². The first-order valence-electron chi connectivity index (χ1n) is 9.60. The van der Waals surface area contributed by atoms with Gasteiger partial charge in [0.2, 0.25) is 5.91 Å². The number of carbonyl (C=O) groups excluding carboxylic acids is 1. The summed E-state index contributed by atoms with van der Waals surface area (Å²) in [6.45, 7) is 1.38. The van der Waals surface area contributed by atoms with E-state index >= 15 is 0 Å². The van der Waals surface area contributed by atoms with E-state index in [1.54, 1.807) is 25.3 Å². The molecule has 1 aliphatic heterocycles. The summed E-state index contributed by atoms with van der Waals surface area (Å²) in [5, 5.41) is 6.78. The lowest BCUT2D eigenvalue weighted by atomic mass is 9.89. The molecule has 2 aromatic carbocycles. The van der Waals surface area contributed by atoms with E-state index < -0.39 is 11.4 Å². The molecule has 1 fully saturated rings. The highest BCUT2D eigenvalue weighted by molar-refractivity contribution is 6.31. The van der Waals surface area contributed by atoms with Crippen LogP contribution < -0.4 is 21.1 Å². The lowest BCUT2D eigenvalue weighted by Crippen LogP contribution is -2.73. The maximum atomic E-state index is 14.4. The van der Waals surface area contributed by atoms with Crippen molar-refractivity contribution in [3.05, 3.63) is 53.1 Å². The average Bonchev–Trinajstić information content (AvgIpc) is 2.70. The summed E-state index contributed by atoms with van der Waals surface area (Å²) in [4.78, 5) is 22.5. The van der Waals surface area contributed by atoms with Crippen molar-refractivity contribution < 1.29 is 13.9 Å². The summed E-state index contributed by atoms with van der Waals surface area (Å²) >= 11 is 5.90. The highest BCUT2D eigenvalue weighted by Gasteiger charge is 2.46. The minimum Gasteiger partial charge on any atom is -0.496 e. The maximum absolute atomic E-state index is 14.4. The van der Waals surface area contributed by atoms with E-state index in [4.69, 9.17) is 22.1 Å². The number of anilines is 2. The standard InChI is InChI=1S/C21H22ClFN6O2.ClH/c1-29(21(20(24)30)9-25-10-21)8-12-6-13-16(7-17(12)31-2)26-11-27-19(13)28-15-5-3-4-14(22)18(15)23;/h3-7,11,25H,8-10H2,1-2H3,(H2,24,30)(H,26,27,28);1H. The van der Waals surface area contributed by atoms with Crippen molar-refractivity contribution in [3.63, 3.8) is 0 Å². The zero-order valence-corrected chi connectivity index (χ0v) is 19.1. The summed E-state index contributed by atoms with van der Waals surface area (Å²) in [7, 11) is 3.42. The average molecular weight is 481 g/mol. The first kappa shape index (κ1) is 23.9. The number of nitrogens with two attached hydrogens (primary N) is 1. The summed E-state index contributed by atoms with van der Waals surface area (Å²) in [6, 6.07) is 8.36. The normalized spacial score (nSPS) is 14.5. The number of halogens is 3. The Labute approximate surface area is 195 Å². The maximum Gasteiger partial charge on any atom is 0.240 e. The summed E-state index contributed by atoms with van der Waals surface area (Å²) in [5.41, 5.74) is 6.55. The van der Waals surface area contributed by atoms with Gasteiger partial charge in [0.15, 0.2) is 5.82 Å². The van der Waals surface area contributed by atoms with Crippen LogP contribution in [-0.2, 0) is 11.3 Å². The third-order valence-electron chi connectivity index (χ3n) is 5.67. The van der Waals surface area contributed by atoms with Crippen molar-refractivity contribution in [3.8, 4) is 5.75 Å². The molecule has 8 nitrogen and oxygen atoms in total. The summed E-state index contributed by atoms with van der Waals surface area (Å²) in [6.07, 6.45) is 1.39. The minimum atomic E-state index is -0.752. The fourth-order valence-corrected chi connectivity index (χ4v) is 3.85. The number of nitrogens with zero attached hydrogens (tertiary/aromatic N) is 3. The van der Waals surface area contributed by atoms with Crippen LogP contribution >= 0.6 is 24.0 Å². The molecule has 0 spiro atoms. The number of nitrogens with one attached hydrogen (secondary N) is 2. The Hall–Kier alpha value is -2.72. The molecule has 1 saturated heterocycles. The lowest BCUT2D eigenvalue weighted by Gasteiger charge is -2.46. The van der Waals surface area contributed by atoms with Gasteiger partial charge in [0.05, 0.1) is 23.3 Å². The third-order valence-corrected chi connectivity index (χ3v) is 5.97. The molecule has 1 aromatic heterocycles. The molecule has 0 saturated carbocycles. The molecule has 170 valence electrons. The molecular formula is C21H23Cl2FN6O2. The second kappa shape index (κ2) is 9.41. The number of hydrogen-bond donors (Lipinski definition) is 3. The Kier molecular flexibility index (Phi) is 7.04. The molecular weight excluding hydrogens is 458 g/mol. The smallest absolute Gasteiger partial charge is 0.240 e. The van der Waals surface area contributed by atoms with E-state index in [0.29, 0.717) is 42.1 Å². The monoisotopic (exact) mass is 480 g/mol. The van der Waals surface area contributed by atoms with Crippen molar-refractivity contribution >= 4 is 52.3 Å². The predicted octanol–water partition coefficient (Wildman–Crippen LogP) is 2.86. The Morgan fingerprint density at radius 2 is 2.12 bits per heavy atom. The first-order chi connectivity index (χ1) is 14.9. The second-order valence-corrected chi connectivity index (χ2v) is 7.89. The van der Waals surface area contributed by atoms with Crippen LogP contribution in [-0.4, -0.2) is 53.6 Å². The quantitative estimate of drug-likeness (QED) is 0.477. The van der Waals surface area contributed by atoms with Crippen LogP contribution in [0.1, 0.15) is 5.56 Å². The van der Waals surface area contributed by atoms with E-state index in [2.05, 4.69) is 20.6 Å². The number of primary amides is 1. The molecule has 0 bridgehead atoms. The highest BCUT2D eigenvalue weighted by atomic mass is 35.5. The van der Waals surface area contributed by atoms with Crippen molar-refractivity contribution in [2.24, 2.45) is 5.73 Å². The van der Waals surface area contributed by atoms with Crippen molar-refractivity contribution in [2.75, 3.05) is 32.6 Å². The van der Waals surface area contributed by atoms with Crippen LogP contribution in [0.3, 0.4) is 0 Å². The number of carbonyl (C=O) groups is 1. The van der Waals surface area contributed by atoms with Gasteiger partial charge in [0.25, 0.3) is 0 Å². The van der Waals surface area contributed by atoms with Gasteiger partial charge < -0.3 is 21.1 Å². The van der Waals surface area contributed by atoms with Gasteiger partial charge >= 0.3 is 0 Å². The first-order valence-corrected chi connectivity index (χ1v) is 9.98. The molecule has 11 heteroatoms. The van der Waals surface area contributed by atoms with Crippen molar-refractivity contribution in [1.29, 1.82) is 0 Å². The van der Waals surface area contributed by atoms with Crippen molar-refractivity contribution in [1.82, 2.24) is 20.2 Å². The van der Waals surface area contributed by atoms with Gasteiger partial charge in [0, 0.05) is 36.7 Å². The topological polar surface area (TPSA) is 105 Å². The van der Waals surface area contributed by atoms with Crippen LogP contribution in [0.2, 0.25) is 5.02 Å². The molecule has 0 aliphatic carbocycles. The van der Waals surface area contributed by atoms with Crippen molar-refractivity contribution in [2.45, 2.75) is 12.1 Å². The van der Waals surface area contributed by atoms with E-state index in [9.17, 15) is 9.18 Å². The summed E-state index contributed by atoms with van der Waals surface area (Å²) < 4.78 is 20.0. The number of fused-ring (bicyclic) bond motifs is 1. The molecule has 2 heterocycles. The molecule has 4 N–H and O–H groups in total. The zero-order chi connectivity index (χ0) is 22.2. The Morgan fingerprint density at radius 3 is 2.75 bits per heavy atom. The number of aromatic nitrogens is 2. The number of amides is 1. The minimum absolute atomic E-state index is 0. The van der Waals surface area contributed by atoms with Crippen LogP contribution in [0.25, 0.3) is 10.9 Å². The van der Waals surface area contributed by atoms with Gasteiger partial charge in [-0.2, -0.15) is 0 Å². The van der Waals surface area contributed by atoms with E-state index in [-0.39, 0.29) is 29.0 Å².